The van der Waals surface area contributed by atoms with Crippen LogP contribution in [0, 0.1) is 0 Å². The Morgan fingerprint density at radius 3 is 2.53 bits per heavy atom. The van der Waals surface area contributed by atoms with Crippen molar-refractivity contribution in [2.75, 3.05) is 25.5 Å². The number of nitrogens with one attached hydrogen (secondary N) is 1. The van der Waals surface area contributed by atoms with Crippen molar-refractivity contribution in [2.45, 2.75) is 12.7 Å². The van der Waals surface area contributed by atoms with Gasteiger partial charge in [-0.3, -0.25) is 0 Å². The topological polar surface area (TPSA) is 54.2 Å². The van der Waals surface area contributed by atoms with E-state index < -0.39 is 12.7 Å². The minimum absolute atomic E-state index is 0.0969. The fourth-order valence-electron chi connectivity index (χ4n) is 0.810. The minimum atomic E-state index is -4.23. The van der Waals surface area contributed by atoms with Crippen LogP contribution in [0.1, 0.15) is 5.89 Å². The normalized spacial score (nSPS) is 11.8. The Hall–Kier alpha value is -1.31. The number of aromatic nitrogens is 2. The highest BCUT2D eigenvalue weighted by Gasteiger charge is 2.26. The molecule has 1 rings (SSSR count). The van der Waals surface area contributed by atoms with E-state index in [1.807, 2.05) is 0 Å². The molecule has 0 amide bonds. The molecule has 0 aromatic carbocycles. The second kappa shape index (κ2) is 4.47. The van der Waals surface area contributed by atoms with Crippen LogP contribution >= 0.6 is 0 Å². The standard InChI is InChI=1S/C7H11F3N4O/c1-14(2)6-12-5(15-13-6)3-11-4-7(8,9)10/h11H,3-4H2,1-2H3. The average Bonchev–Trinajstić information content (AvgIpc) is 2.50. The molecular weight excluding hydrogens is 213 g/mol. The molecule has 0 unspecified atom stereocenters. The van der Waals surface area contributed by atoms with Crippen molar-refractivity contribution in [2.24, 2.45) is 0 Å². The summed E-state index contributed by atoms with van der Waals surface area (Å²) in [5.74, 6) is 0.460. The van der Waals surface area contributed by atoms with Gasteiger partial charge in [0.05, 0.1) is 13.1 Å². The lowest BCUT2D eigenvalue weighted by molar-refractivity contribution is -0.125. The zero-order chi connectivity index (χ0) is 11.5. The highest BCUT2D eigenvalue weighted by Crippen LogP contribution is 2.12. The van der Waals surface area contributed by atoms with Gasteiger partial charge in [0.2, 0.25) is 5.89 Å². The first-order chi connectivity index (χ1) is 6.88. The number of hydrogen-bond acceptors (Lipinski definition) is 5. The Morgan fingerprint density at radius 1 is 1.40 bits per heavy atom. The van der Waals surface area contributed by atoms with E-state index in [4.69, 9.17) is 4.52 Å². The first-order valence-electron chi connectivity index (χ1n) is 4.16. The summed E-state index contributed by atoms with van der Waals surface area (Å²) in [5.41, 5.74) is 0. The number of hydrogen-bond donors (Lipinski definition) is 1. The summed E-state index contributed by atoms with van der Waals surface area (Å²) in [6.45, 7) is -1.17. The lowest BCUT2D eigenvalue weighted by atomic mass is 10.5. The van der Waals surface area contributed by atoms with E-state index in [1.54, 1.807) is 19.0 Å². The SMILES string of the molecule is CN(C)c1noc(CNCC(F)(F)F)n1. The molecular formula is C7H11F3N4O. The van der Waals surface area contributed by atoms with Gasteiger partial charge < -0.3 is 14.7 Å². The molecule has 0 atom stereocenters. The van der Waals surface area contributed by atoms with Crippen molar-refractivity contribution >= 4 is 5.95 Å². The molecule has 0 saturated heterocycles. The molecule has 1 aromatic heterocycles. The summed E-state index contributed by atoms with van der Waals surface area (Å²) >= 11 is 0. The van der Waals surface area contributed by atoms with Gasteiger partial charge in [0.1, 0.15) is 0 Å². The second-order valence-electron chi connectivity index (χ2n) is 3.10. The molecule has 0 saturated carbocycles. The molecule has 15 heavy (non-hydrogen) atoms. The van der Waals surface area contributed by atoms with E-state index in [2.05, 4.69) is 15.5 Å². The van der Waals surface area contributed by atoms with Crippen LogP contribution in [0.3, 0.4) is 0 Å². The predicted octanol–water partition coefficient (Wildman–Crippen LogP) is 0.787. The van der Waals surface area contributed by atoms with E-state index in [0.717, 1.165) is 0 Å². The first-order valence-corrected chi connectivity index (χ1v) is 4.16. The fourth-order valence-corrected chi connectivity index (χ4v) is 0.810. The molecule has 1 N–H and O–H groups in total. The van der Waals surface area contributed by atoms with Gasteiger partial charge >= 0.3 is 6.18 Å². The monoisotopic (exact) mass is 224 g/mol. The molecule has 0 spiro atoms. The lowest BCUT2D eigenvalue weighted by Gasteiger charge is -2.05. The summed E-state index contributed by atoms with van der Waals surface area (Å²) in [6.07, 6.45) is -4.23. The van der Waals surface area contributed by atoms with Crippen molar-refractivity contribution in [1.29, 1.82) is 0 Å². The summed E-state index contributed by atoms with van der Waals surface area (Å²) in [6, 6.07) is 0. The zero-order valence-electron chi connectivity index (χ0n) is 8.30. The highest BCUT2D eigenvalue weighted by molar-refractivity contribution is 5.23. The number of alkyl halides is 3. The van der Waals surface area contributed by atoms with Crippen molar-refractivity contribution in [1.82, 2.24) is 15.5 Å². The Balaban J connectivity index is 2.38. The largest absolute Gasteiger partial charge is 0.401 e. The summed E-state index contributed by atoms with van der Waals surface area (Å²) < 4.78 is 40.0. The van der Waals surface area contributed by atoms with Crippen LogP contribution in [-0.2, 0) is 6.54 Å². The van der Waals surface area contributed by atoms with Crippen LogP contribution in [0.5, 0.6) is 0 Å². The van der Waals surface area contributed by atoms with Crippen LogP contribution < -0.4 is 10.2 Å². The number of halogens is 3. The molecule has 0 radical (unpaired) electrons. The molecule has 86 valence electrons. The fraction of sp³-hybridized carbons (Fsp3) is 0.714. The minimum Gasteiger partial charge on any atom is -0.344 e. The van der Waals surface area contributed by atoms with Gasteiger partial charge in [0, 0.05) is 14.1 Å². The van der Waals surface area contributed by atoms with Gasteiger partial charge in [0.25, 0.3) is 5.95 Å². The van der Waals surface area contributed by atoms with E-state index >= 15 is 0 Å². The Bertz CT molecular complexity index is 309. The summed E-state index contributed by atoms with van der Waals surface area (Å²) in [7, 11) is 3.41. The van der Waals surface area contributed by atoms with E-state index in [-0.39, 0.29) is 12.4 Å². The average molecular weight is 224 g/mol. The molecule has 0 aliphatic carbocycles. The third-order valence-electron chi connectivity index (χ3n) is 1.46. The summed E-state index contributed by atoms with van der Waals surface area (Å²) in [4.78, 5) is 5.44. The van der Waals surface area contributed by atoms with Crippen molar-refractivity contribution < 1.29 is 17.7 Å². The molecule has 8 heteroatoms. The molecule has 0 aliphatic rings. The van der Waals surface area contributed by atoms with Crippen LogP contribution in [-0.4, -0.2) is 37.0 Å². The molecule has 0 fully saturated rings. The smallest absolute Gasteiger partial charge is 0.344 e. The zero-order valence-corrected chi connectivity index (χ0v) is 8.30. The van der Waals surface area contributed by atoms with Crippen LogP contribution in [0.15, 0.2) is 4.52 Å². The van der Waals surface area contributed by atoms with Crippen LogP contribution in [0.4, 0.5) is 19.1 Å². The molecule has 0 aliphatic heterocycles. The first kappa shape index (κ1) is 11.8. The Labute approximate surface area is 84.2 Å². The quantitative estimate of drug-likeness (QED) is 0.819. The van der Waals surface area contributed by atoms with Gasteiger partial charge in [-0.15, -0.1) is 0 Å². The molecule has 1 aromatic rings. The number of nitrogens with zero attached hydrogens (tertiary/aromatic N) is 3. The van der Waals surface area contributed by atoms with Crippen molar-refractivity contribution in [3.05, 3.63) is 5.89 Å². The van der Waals surface area contributed by atoms with Crippen molar-refractivity contribution in [3.8, 4) is 0 Å². The highest BCUT2D eigenvalue weighted by atomic mass is 19.4. The van der Waals surface area contributed by atoms with Crippen molar-refractivity contribution in [3.63, 3.8) is 0 Å². The lowest BCUT2D eigenvalue weighted by Crippen LogP contribution is -2.28. The predicted molar refractivity (Wildman–Crippen MR) is 46.4 cm³/mol. The van der Waals surface area contributed by atoms with Gasteiger partial charge in [-0.05, 0) is 5.16 Å². The molecule has 0 bridgehead atoms. The third-order valence-corrected chi connectivity index (χ3v) is 1.46. The van der Waals surface area contributed by atoms with Crippen LogP contribution in [0.2, 0.25) is 0 Å². The maximum atomic E-state index is 11.8. The number of rotatable bonds is 4. The third kappa shape index (κ3) is 4.15. The Kier molecular flexibility index (Phi) is 3.51. The van der Waals surface area contributed by atoms with E-state index in [0.29, 0.717) is 5.95 Å². The maximum Gasteiger partial charge on any atom is 0.401 e. The van der Waals surface area contributed by atoms with Gasteiger partial charge in [0.15, 0.2) is 0 Å². The van der Waals surface area contributed by atoms with E-state index in [9.17, 15) is 13.2 Å². The van der Waals surface area contributed by atoms with E-state index in [1.165, 1.54) is 0 Å². The van der Waals surface area contributed by atoms with Crippen LogP contribution in [0.25, 0.3) is 0 Å². The Morgan fingerprint density at radius 2 is 2.07 bits per heavy atom. The molecule has 5 nitrogen and oxygen atoms in total. The van der Waals surface area contributed by atoms with Gasteiger partial charge in [-0.25, -0.2) is 0 Å². The second-order valence-corrected chi connectivity index (χ2v) is 3.10. The summed E-state index contributed by atoms with van der Waals surface area (Å²) in [5, 5.41) is 5.70. The van der Waals surface area contributed by atoms with Gasteiger partial charge in [-0.1, -0.05) is 0 Å². The van der Waals surface area contributed by atoms with Gasteiger partial charge in [-0.2, -0.15) is 18.2 Å². The maximum absolute atomic E-state index is 11.8. The number of anilines is 1. The molecule has 1 heterocycles.